The molecule has 0 spiro atoms. The minimum atomic E-state index is -0.402. The molecule has 1 fully saturated rings. The minimum Gasteiger partial charge on any atom is -0.389 e. The Bertz CT molecular complexity index is 181. The van der Waals surface area contributed by atoms with Crippen LogP contribution in [0.1, 0.15) is 26.7 Å². The molecule has 0 aromatic carbocycles. The highest BCUT2D eigenvalue weighted by atomic mass is 16.5. The number of hydrogen-bond acceptors (Lipinski definition) is 4. The Morgan fingerprint density at radius 3 is 2.56 bits per heavy atom. The van der Waals surface area contributed by atoms with Crippen molar-refractivity contribution in [1.82, 2.24) is 5.32 Å². The van der Waals surface area contributed by atoms with E-state index in [1.54, 1.807) is 7.11 Å². The lowest BCUT2D eigenvalue weighted by Gasteiger charge is -2.35. The smallest absolute Gasteiger partial charge is 0.0897 e. The Kier molecular flexibility index (Phi) is 6.28. The van der Waals surface area contributed by atoms with Crippen LogP contribution in [-0.2, 0) is 9.47 Å². The lowest BCUT2D eigenvalue weighted by atomic mass is 9.89. The van der Waals surface area contributed by atoms with Gasteiger partial charge in [0.05, 0.1) is 18.8 Å². The van der Waals surface area contributed by atoms with Crippen molar-refractivity contribution in [2.24, 2.45) is 5.92 Å². The van der Waals surface area contributed by atoms with E-state index >= 15 is 0 Å². The summed E-state index contributed by atoms with van der Waals surface area (Å²) in [6.07, 6.45) is 2.11. The van der Waals surface area contributed by atoms with Crippen LogP contribution >= 0.6 is 0 Å². The van der Waals surface area contributed by atoms with Crippen LogP contribution in [0.4, 0.5) is 0 Å². The first-order valence-electron chi connectivity index (χ1n) is 6.13. The molecule has 4 heteroatoms. The molecule has 1 saturated carbocycles. The number of ether oxygens (including phenoxy) is 2. The van der Waals surface area contributed by atoms with E-state index in [2.05, 4.69) is 19.2 Å². The molecule has 0 bridgehead atoms. The summed E-state index contributed by atoms with van der Waals surface area (Å²) in [5, 5.41) is 12.9. The van der Waals surface area contributed by atoms with Gasteiger partial charge >= 0.3 is 0 Å². The van der Waals surface area contributed by atoms with Crippen molar-refractivity contribution < 1.29 is 14.6 Å². The standard InChI is InChI=1S/C12H25NO3/c1-9(2)7-16-8-11(14)6-13-10-4-12(5-10)15-3/h9-14H,4-8H2,1-3H3. The number of hydrogen-bond donors (Lipinski definition) is 2. The average Bonchev–Trinajstić information content (AvgIpc) is 2.15. The third-order valence-corrected chi connectivity index (χ3v) is 2.83. The highest BCUT2D eigenvalue weighted by Crippen LogP contribution is 2.22. The summed E-state index contributed by atoms with van der Waals surface area (Å²) in [4.78, 5) is 0. The summed E-state index contributed by atoms with van der Waals surface area (Å²) in [7, 11) is 1.75. The largest absolute Gasteiger partial charge is 0.389 e. The zero-order valence-corrected chi connectivity index (χ0v) is 10.6. The second kappa shape index (κ2) is 7.22. The quantitative estimate of drug-likeness (QED) is 0.648. The Labute approximate surface area is 98.3 Å². The molecule has 0 aromatic heterocycles. The number of rotatable bonds is 8. The molecule has 96 valence electrons. The topological polar surface area (TPSA) is 50.7 Å². The fourth-order valence-corrected chi connectivity index (χ4v) is 1.73. The zero-order chi connectivity index (χ0) is 12.0. The van der Waals surface area contributed by atoms with Crippen LogP contribution in [0, 0.1) is 5.92 Å². The van der Waals surface area contributed by atoms with E-state index in [4.69, 9.17) is 9.47 Å². The molecule has 0 heterocycles. The van der Waals surface area contributed by atoms with Gasteiger partial charge in [0.15, 0.2) is 0 Å². The maximum absolute atomic E-state index is 9.63. The van der Waals surface area contributed by atoms with E-state index < -0.39 is 6.10 Å². The lowest BCUT2D eigenvalue weighted by Crippen LogP contribution is -2.47. The van der Waals surface area contributed by atoms with E-state index in [-0.39, 0.29) is 0 Å². The predicted octanol–water partition coefficient (Wildman–Crippen LogP) is 0.787. The molecule has 0 amide bonds. The summed E-state index contributed by atoms with van der Waals surface area (Å²) in [6.45, 7) is 5.95. The normalized spacial score (nSPS) is 26.8. The first-order valence-corrected chi connectivity index (χ1v) is 6.13. The summed E-state index contributed by atoms with van der Waals surface area (Å²) in [5.41, 5.74) is 0. The maximum atomic E-state index is 9.63. The van der Waals surface area contributed by atoms with Crippen LogP contribution in [-0.4, -0.2) is 50.2 Å². The average molecular weight is 231 g/mol. The van der Waals surface area contributed by atoms with Crippen molar-refractivity contribution in [2.75, 3.05) is 26.9 Å². The van der Waals surface area contributed by atoms with Gasteiger partial charge in [0.2, 0.25) is 0 Å². The van der Waals surface area contributed by atoms with E-state index in [1.165, 1.54) is 0 Å². The molecule has 0 aromatic rings. The van der Waals surface area contributed by atoms with Gasteiger partial charge in [-0.1, -0.05) is 13.8 Å². The molecule has 1 unspecified atom stereocenters. The number of aliphatic hydroxyl groups excluding tert-OH is 1. The van der Waals surface area contributed by atoms with Crippen LogP contribution in [0.2, 0.25) is 0 Å². The molecular formula is C12H25NO3. The molecule has 0 aliphatic heterocycles. The first-order chi connectivity index (χ1) is 7.61. The summed E-state index contributed by atoms with van der Waals surface area (Å²) in [6, 6.07) is 0.504. The van der Waals surface area contributed by atoms with Crippen LogP contribution in [0.25, 0.3) is 0 Å². The van der Waals surface area contributed by atoms with Gasteiger partial charge in [-0.2, -0.15) is 0 Å². The van der Waals surface area contributed by atoms with Gasteiger partial charge in [-0.3, -0.25) is 0 Å². The van der Waals surface area contributed by atoms with Crippen molar-refractivity contribution in [1.29, 1.82) is 0 Å². The zero-order valence-electron chi connectivity index (χ0n) is 10.6. The highest BCUT2D eigenvalue weighted by Gasteiger charge is 2.28. The van der Waals surface area contributed by atoms with Gasteiger partial charge in [0.25, 0.3) is 0 Å². The van der Waals surface area contributed by atoms with Crippen molar-refractivity contribution in [3.8, 4) is 0 Å². The van der Waals surface area contributed by atoms with E-state index in [0.717, 1.165) is 12.8 Å². The van der Waals surface area contributed by atoms with Gasteiger partial charge < -0.3 is 19.9 Å². The highest BCUT2D eigenvalue weighted by molar-refractivity contribution is 4.86. The van der Waals surface area contributed by atoms with Crippen LogP contribution in [0.5, 0.6) is 0 Å². The monoisotopic (exact) mass is 231 g/mol. The van der Waals surface area contributed by atoms with Crippen molar-refractivity contribution in [2.45, 2.75) is 44.9 Å². The second-order valence-electron chi connectivity index (χ2n) is 5.02. The summed E-state index contributed by atoms with van der Waals surface area (Å²) in [5.74, 6) is 0.522. The SMILES string of the molecule is COC1CC(NCC(O)COCC(C)C)C1. The van der Waals surface area contributed by atoms with Crippen molar-refractivity contribution >= 4 is 0 Å². The van der Waals surface area contributed by atoms with Crippen LogP contribution in [0.15, 0.2) is 0 Å². The van der Waals surface area contributed by atoms with Gasteiger partial charge in [-0.05, 0) is 18.8 Å². The molecular weight excluding hydrogens is 206 g/mol. The molecule has 0 saturated heterocycles. The fraction of sp³-hybridized carbons (Fsp3) is 1.00. The summed E-state index contributed by atoms with van der Waals surface area (Å²) < 4.78 is 10.6. The first kappa shape index (κ1) is 13.9. The summed E-state index contributed by atoms with van der Waals surface area (Å²) >= 11 is 0. The Morgan fingerprint density at radius 1 is 1.31 bits per heavy atom. The Morgan fingerprint density at radius 2 is 2.00 bits per heavy atom. The third kappa shape index (κ3) is 5.25. The van der Waals surface area contributed by atoms with Crippen LogP contribution in [0.3, 0.4) is 0 Å². The number of nitrogens with one attached hydrogen (secondary N) is 1. The van der Waals surface area contributed by atoms with Crippen LogP contribution < -0.4 is 5.32 Å². The fourth-order valence-electron chi connectivity index (χ4n) is 1.73. The molecule has 1 rings (SSSR count). The van der Waals surface area contributed by atoms with Gasteiger partial charge in [0.1, 0.15) is 0 Å². The molecule has 16 heavy (non-hydrogen) atoms. The second-order valence-corrected chi connectivity index (χ2v) is 5.02. The Balaban J connectivity index is 1.92. The third-order valence-electron chi connectivity index (χ3n) is 2.83. The lowest BCUT2D eigenvalue weighted by molar-refractivity contribution is 0.00148. The molecule has 1 aliphatic rings. The Hall–Kier alpha value is -0.160. The van der Waals surface area contributed by atoms with E-state index in [1.807, 2.05) is 0 Å². The molecule has 1 aliphatic carbocycles. The van der Waals surface area contributed by atoms with Gasteiger partial charge in [-0.25, -0.2) is 0 Å². The van der Waals surface area contributed by atoms with Crippen molar-refractivity contribution in [3.05, 3.63) is 0 Å². The van der Waals surface area contributed by atoms with Crippen molar-refractivity contribution in [3.63, 3.8) is 0 Å². The van der Waals surface area contributed by atoms with E-state index in [0.29, 0.717) is 37.8 Å². The predicted molar refractivity (Wildman–Crippen MR) is 63.5 cm³/mol. The number of methoxy groups -OCH3 is 1. The van der Waals surface area contributed by atoms with E-state index in [9.17, 15) is 5.11 Å². The molecule has 0 radical (unpaired) electrons. The molecule has 2 N–H and O–H groups in total. The maximum Gasteiger partial charge on any atom is 0.0897 e. The van der Waals surface area contributed by atoms with Gasteiger partial charge in [0, 0.05) is 26.3 Å². The number of aliphatic hydroxyl groups is 1. The molecule has 4 nitrogen and oxygen atoms in total. The van der Waals surface area contributed by atoms with Gasteiger partial charge in [-0.15, -0.1) is 0 Å². The minimum absolute atomic E-state index is 0.402. The molecule has 1 atom stereocenters.